The second kappa shape index (κ2) is 6.36. The SMILES string of the molecule is Cc1cc(N[C@H](C)c2cc3ccccc3o2)nc(-c2ccncc2)n1. The van der Waals surface area contributed by atoms with Crippen LogP contribution < -0.4 is 5.32 Å². The molecular formula is C20H18N4O. The van der Waals surface area contributed by atoms with Crippen molar-refractivity contribution in [2.75, 3.05) is 5.32 Å². The first-order valence-corrected chi connectivity index (χ1v) is 8.20. The molecule has 3 aromatic heterocycles. The van der Waals surface area contributed by atoms with E-state index in [0.29, 0.717) is 5.82 Å². The van der Waals surface area contributed by atoms with Crippen LogP contribution in [0.1, 0.15) is 24.4 Å². The molecule has 0 unspecified atom stereocenters. The Labute approximate surface area is 145 Å². The van der Waals surface area contributed by atoms with Gasteiger partial charge in [-0.3, -0.25) is 4.98 Å². The lowest BCUT2D eigenvalue weighted by Crippen LogP contribution is -2.08. The van der Waals surface area contributed by atoms with Gasteiger partial charge in [0.2, 0.25) is 0 Å². The lowest BCUT2D eigenvalue weighted by molar-refractivity contribution is 0.525. The van der Waals surface area contributed by atoms with Crippen LogP contribution in [0.15, 0.2) is 65.3 Å². The Morgan fingerprint density at radius 3 is 2.60 bits per heavy atom. The highest BCUT2D eigenvalue weighted by Crippen LogP contribution is 2.26. The summed E-state index contributed by atoms with van der Waals surface area (Å²) in [5, 5.41) is 4.51. The van der Waals surface area contributed by atoms with Crippen LogP contribution in [0.4, 0.5) is 5.82 Å². The summed E-state index contributed by atoms with van der Waals surface area (Å²) in [5.74, 6) is 2.33. The van der Waals surface area contributed by atoms with Crippen molar-refractivity contribution in [1.29, 1.82) is 0 Å². The fourth-order valence-corrected chi connectivity index (χ4v) is 2.78. The maximum atomic E-state index is 5.93. The number of aromatic nitrogens is 3. The summed E-state index contributed by atoms with van der Waals surface area (Å²) in [6, 6.07) is 15.8. The number of hydrogen-bond donors (Lipinski definition) is 1. The average molecular weight is 330 g/mol. The molecule has 0 bridgehead atoms. The molecule has 0 aliphatic heterocycles. The molecule has 4 rings (SSSR count). The zero-order valence-corrected chi connectivity index (χ0v) is 14.1. The van der Waals surface area contributed by atoms with Crippen molar-refractivity contribution >= 4 is 16.8 Å². The van der Waals surface area contributed by atoms with Gasteiger partial charge in [0.1, 0.15) is 17.2 Å². The van der Waals surface area contributed by atoms with Crippen LogP contribution in [0, 0.1) is 6.92 Å². The average Bonchev–Trinajstić information content (AvgIpc) is 3.06. The van der Waals surface area contributed by atoms with Gasteiger partial charge in [-0.15, -0.1) is 0 Å². The van der Waals surface area contributed by atoms with Gasteiger partial charge in [0.15, 0.2) is 5.82 Å². The van der Waals surface area contributed by atoms with E-state index in [-0.39, 0.29) is 6.04 Å². The Morgan fingerprint density at radius 1 is 1.00 bits per heavy atom. The molecule has 3 heterocycles. The Hall–Kier alpha value is -3.21. The Balaban J connectivity index is 1.62. The summed E-state index contributed by atoms with van der Waals surface area (Å²) < 4.78 is 5.93. The van der Waals surface area contributed by atoms with Gasteiger partial charge in [-0.1, -0.05) is 18.2 Å². The van der Waals surface area contributed by atoms with Crippen molar-refractivity contribution in [3.05, 3.63) is 72.4 Å². The van der Waals surface area contributed by atoms with Crippen molar-refractivity contribution < 1.29 is 4.42 Å². The number of furan rings is 1. The second-order valence-corrected chi connectivity index (χ2v) is 6.01. The molecular weight excluding hydrogens is 312 g/mol. The molecule has 5 nitrogen and oxygen atoms in total. The lowest BCUT2D eigenvalue weighted by Gasteiger charge is -2.13. The molecule has 0 amide bonds. The molecule has 0 saturated carbocycles. The molecule has 124 valence electrons. The maximum absolute atomic E-state index is 5.93. The van der Waals surface area contributed by atoms with Gasteiger partial charge in [0, 0.05) is 35.1 Å². The predicted octanol–water partition coefficient (Wildman–Crippen LogP) is 4.77. The zero-order chi connectivity index (χ0) is 17.2. The number of pyridine rings is 1. The number of nitrogens with one attached hydrogen (secondary N) is 1. The molecule has 1 atom stereocenters. The third-order valence-electron chi connectivity index (χ3n) is 4.03. The van der Waals surface area contributed by atoms with Crippen molar-refractivity contribution in [2.45, 2.75) is 19.9 Å². The number of anilines is 1. The normalized spacial score (nSPS) is 12.2. The topological polar surface area (TPSA) is 63.8 Å². The standard InChI is InChI=1S/C20H18N4O/c1-13-11-19(24-20(22-13)15-7-9-21-10-8-15)23-14(2)18-12-16-5-3-4-6-17(16)25-18/h3-12,14H,1-2H3,(H,22,23,24)/t14-/m1/s1. The van der Waals surface area contributed by atoms with E-state index in [0.717, 1.165) is 33.8 Å². The van der Waals surface area contributed by atoms with Gasteiger partial charge in [0.25, 0.3) is 0 Å². The highest BCUT2D eigenvalue weighted by molar-refractivity contribution is 5.77. The zero-order valence-electron chi connectivity index (χ0n) is 14.1. The van der Waals surface area contributed by atoms with Crippen molar-refractivity contribution in [3.63, 3.8) is 0 Å². The van der Waals surface area contributed by atoms with Crippen LogP contribution in [-0.2, 0) is 0 Å². The minimum Gasteiger partial charge on any atom is -0.459 e. The molecule has 5 heteroatoms. The van der Waals surface area contributed by atoms with E-state index in [4.69, 9.17) is 4.42 Å². The summed E-state index contributed by atoms with van der Waals surface area (Å²) in [6.45, 7) is 4.02. The van der Waals surface area contributed by atoms with E-state index in [9.17, 15) is 0 Å². The second-order valence-electron chi connectivity index (χ2n) is 6.01. The summed E-state index contributed by atoms with van der Waals surface area (Å²) in [7, 11) is 0. The highest BCUT2D eigenvalue weighted by Gasteiger charge is 2.13. The van der Waals surface area contributed by atoms with Crippen LogP contribution in [0.2, 0.25) is 0 Å². The minimum absolute atomic E-state index is 0.00742. The third kappa shape index (κ3) is 3.21. The monoisotopic (exact) mass is 330 g/mol. The molecule has 0 fully saturated rings. The Kier molecular flexibility index (Phi) is 3.90. The predicted molar refractivity (Wildman–Crippen MR) is 98.3 cm³/mol. The molecule has 0 aliphatic rings. The van der Waals surface area contributed by atoms with E-state index in [1.165, 1.54) is 0 Å². The first kappa shape index (κ1) is 15.3. The molecule has 0 saturated heterocycles. The number of hydrogen-bond acceptors (Lipinski definition) is 5. The van der Waals surface area contributed by atoms with E-state index >= 15 is 0 Å². The summed E-state index contributed by atoms with van der Waals surface area (Å²) in [6.07, 6.45) is 3.48. The molecule has 1 aromatic carbocycles. The Morgan fingerprint density at radius 2 is 1.80 bits per heavy atom. The fourth-order valence-electron chi connectivity index (χ4n) is 2.78. The fraction of sp³-hybridized carbons (Fsp3) is 0.150. The molecule has 25 heavy (non-hydrogen) atoms. The van der Waals surface area contributed by atoms with Crippen LogP contribution >= 0.6 is 0 Å². The van der Waals surface area contributed by atoms with Gasteiger partial charge in [-0.2, -0.15) is 0 Å². The van der Waals surface area contributed by atoms with Crippen LogP contribution in [0.3, 0.4) is 0 Å². The number of para-hydroxylation sites is 1. The Bertz CT molecular complexity index is 978. The van der Waals surface area contributed by atoms with Crippen LogP contribution in [-0.4, -0.2) is 15.0 Å². The van der Waals surface area contributed by atoms with E-state index in [1.54, 1.807) is 12.4 Å². The van der Waals surface area contributed by atoms with Crippen molar-refractivity contribution in [3.8, 4) is 11.4 Å². The minimum atomic E-state index is -0.00742. The molecule has 4 aromatic rings. The summed E-state index contributed by atoms with van der Waals surface area (Å²) in [5.41, 5.74) is 2.74. The van der Waals surface area contributed by atoms with E-state index < -0.39 is 0 Å². The van der Waals surface area contributed by atoms with Gasteiger partial charge in [-0.05, 0) is 38.1 Å². The van der Waals surface area contributed by atoms with Gasteiger partial charge in [-0.25, -0.2) is 9.97 Å². The van der Waals surface area contributed by atoms with Gasteiger partial charge in [0.05, 0.1) is 6.04 Å². The summed E-state index contributed by atoms with van der Waals surface area (Å²) in [4.78, 5) is 13.2. The number of rotatable bonds is 4. The van der Waals surface area contributed by atoms with Crippen molar-refractivity contribution in [1.82, 2.24) is 15.0 Å². The first-order valence-electron chi connectivity index (χ1n) is 8.20. The lowest BCUT2D eigenvalue weighted by atomic mass is 10.2. The van der Waals surface area contributed by atoms with E-state index in [2.05, 4.69) is 33.3 Å². The van der Waals surface area contributed by atoms with Crippen LogP contribution in [0.25, 0.3) is 22.4 Å². The smallest absolute Gasteiger partial charge is 0.161 e. The van der Waals surface area contributed by atoms with E-state index in [1.807, 2.05) is 49.4 Å². The maximum Gasteiger partial charge on any atom is 0.161 e. The van der Waals surface area contributed by atoms with Crippen molar-refractivity contribution in [2.24, 2.45) is 0 Å². The quantitative estimate of drug-likeness (QED) is 0.584. The molecule has 0 radical (unpaired) electrons. The number of aryl methyl sites for hydroxylation is 1. The van der Waals surface area contributed by atoms with Crippen LogP contribution in [0.5, 0.6) is 0 Å². The molecule has 1 N–H and O–H groups in total. The van der Waals surface area contributed by atoms with Gasteiger partial charge >= 0.3 is 0 Å². The van der Waals surface area contributed by atoms with Gasteiger partial charge < -0.3 is 9.73 Å². The highest BCUT2D eigenvalue weighted by atomic mass is 16.3. The third-order valence-corrected chi connectivity index (χ3v) is 4.03. The number of benzene rings is 1. The number of fused-ring (bicyclic) bond motifs is 1. The molecule has 0 spiro atoms. The number of nitrogens with zero attached hydrogens (tertiary/aromatic N) is 3. The molecule has 0 aliphatic carbocycles. The first-order chi connectivity index (χ1) is 12.2. The largest absolute Gasteiger partial charge is 0.459 e. The summed E-state index contributed by atoms with van der Waals surface area (Å²) >= 11 is 0.